The Morgan fingerprint density at radius 1 is 1.39 bits per heavy atom. The summed E-state index contributed by atoms with van der Waals surface area (Å²) in [6, 6.07) is 9.41. The van der Waals surface area contributed by atoms with Crippen molar-refractivity contribution in [1.82, 2.24) is 0 Å². The molecule has 1 aromatic carbocycles. The first-order valence-corrected chi connectivity index (χ1v) is 6.09. The maximum atomic E-state index is 11.7. The van der Waals surface area contributed by atoms with Crippen LogP contribution in [0.5, 0.6) is 0 Å². The fourth-order valence-electron chi connectivity index (χ4n) is 2.01. The number of cyclic esters (lactones) is 1. The normalized spacial score (nSPS) is 19.6. The van der Waals surface area contributed by atoms with Crippen molar-refractivity contribution in [3.8, 4) is 6.07 Å². The first kappa shape index (κ1) is 12.4. The highest BCUT2D eigenvalue weighted by Crippen LogP contribution is 2.25. The number of hydrogen-bond acceptors (Lipinski definition) is 3. The van der Waals surface area contributed by atoms with Crippen LogP contribution in [0.2, 0.25) is 0 Å². The maximum Gasteiger partial charge on any atom is 0.415 e. The Kier molecular flexibility index (Phi) is 3.52. The Morgan fingerprint density at radius 2 is 2.06 bits per heavy atom. The highest BCUT2D eigenvalue weighted by atomic mass is 16.6. The Bertz CT molecular complexity index is 474. The summed E-state index contributed by atoms with van der Waals surface area (Å²) in [5.74, 6) is 0.444. The molecule has 4 heteroatoms. The molecule has 0 N–H and O–H groups in total. The molecule has 1 amide bonds. The lowest BCUT2D eigenvalue weighted by atomic mass is 10.0. The van der Waals surface area contributed by atoms with E-state index in [-0.39, 0.29) is 0 Å². The van der Waals surface area contributed by atoms with Crippen LogP contribution in [-0.2, 0) is 4.74 Å². The standard InChI is InChI=1S/C14H16N2O2/c1-10(2)11-3-5-12(6-4-11)16-13(9-15)7-8-18-14(16)17/h3-6,10,13H,7-8H2,1-2H3. The molecule has 1 saturated heterocycles. The van der Waals surface area contributed by atoms with E-state index in [0.717, 1.165) is 5.69 Å². The molecule has 18 heavy (non-hydrogen) atoms. The zero-order valence-electron chi connectivity index (χ0n) is 10.6. The Labute approximate surface area is 107 Å². The number of anilines is 1. The summed E-state index contributed by atoms with van der Waals surface area (Å²) in [5, 5.41) is 9.08. The van der Waals surface area contributed by atoms with Gasteiger partial charge in [-0.1, -0.05) is 26.0 Å². The highest BCUT2D eigenvalue weighted by Gasteiger charge is 2.30. The van der Waals surface area contributed by atoms with Crippen LogP contribution >= 0.6 is 0 Å². The number of rotatable bonds is 2. The van der Waals surface area contributed by atoms with E-state index < -0.39 is 12.1 Å². The molecule has 0 bridgehead atoms. The third-order valence-corrected chi connectivity index (χ3v) is 3.11. The Hall–Kier alpha value is -2.02. The van der Waals surface area contributed by atoms with Crippen molar-refractivity contribution in [2.75, 3.05) is 11.5 Å². The van der Waals surface area contributed by atoms with Crippen LogP contribution in [0.1, 0.15) is 31.7 Å². The van der Waals surface area contributed by atoms with Crippen molar-refractivity contribution in [2.24, 2.45) is 0 Å². The third-order valence-electron chi connectivity index (χ3n) is 3.11. The zero-order chi connectivity index (χ0) is 13.1. The van der Waals surface area contributed by atoms with E-state index in [1.807, 2.05) is 24.3 Å². The second-order valence-electron chi connectivity index (χ2n) is 4.66. The maximum absolute atomic E-state index is 11.7. The number of carbonyl (C=O) groups is 1. The highest BCUT2D eigenvalue weighted by molar-refractivity contribution is 5.89. The van der Waals surface area contributed by atoms with Gasteiger partial charge in [-0.2, -0.15) is 5.26 Å². The van der Waals surface area contributed by atoms with Crippen molar-refractivity contribution in [3.05, 3.63) is 29.8 Å². The lowest BCUT2D eigenvalue weighted by molar-refractivity contribution is 0.134. The second kappa shape index (κ2) is 5.09. The first-order valence-electron chi connectivity index (χ1n) is 6.09. The van der Waals surface area contributed by atoms with E-state index >= 15 is 0 Å². The van der Waals surface area contributed by atoms with E-state index in [4.69, 9.17) is 10.00 Å². The fourth-order valence-corrected chi connectivity index (χ4v) is 2.01. The van der Waals surface area contributed by atoms with Crippen LogP contribution in [0.3, 0.4) is 0 Å². The van der Waals surface area contributed by atoms with Crippen molar-refractivity contribution in [2.45, 2.75) is 32.2 Å². The minimum atomic E-state index is -0.440. The Morgan fingerprint density at radius 3 is 2.61 bits per heavy atom. The van der Waals surface area contributed by atoms with Gasteiger partial charge >= 0.3 is 6.09 Å². The molecular weight excluding hydrogens is 228 g/mol. The van der Waals surface area contributed by atoms with Gasteiger partial charge in [-0.05, 0) is 23.6 Å². The molecule has 94 valence electrons. The van der Waals surface area contributed by atoms with Crippen LogP contribution in [0.4, 0.5) is 10.5 Å². The summed E-state index contributed by atoms with van der Waals surface area (Å²) in [7, 11) is 0. The minimum Gasteiger partial charge on any atom is -0.449 e. The van der Waals surface area contributed by atoms with Gasteiger partial charge in [-0.15, -0.1) is 0 Å². The number of benzene rings is 1. The molecule has 0 spiro atoms. The number of nitriles is 1. The monoisotopic (exact) mass is 244 g/mol. The summed E-state index contributed by atoms with van der Waals surface area (Å²) in [4.78, 5) is 13.2. The van der Waals surface area contributed by atoms with Crippen LogP contribution < -0.4 is 4.90 Å². The van der Waals surface area contributed by atoms with Gasteiger partial charge in [0.2, 0.25) is 0 Å². The van der Waals surface area contributed by atoms with E-state index in [2.05, 4.69) is 19.9 Å². The van der Waals surface area contributed by atoms with Crippen molar-refractivity contribution >= 4 is 11.8 Å². The van der Waals surface area contributed by atoms with E-state index in [0.29, 0.717) is 18.9 Å². The number of carbonyl (C=O) groups excluding carboxylic acids is 1. The number of amides is 1. The molecule has 1 aliphatic heterocycles. The van der Waals surface area contributed by atoms with Gasteiger partial charge in [-0.3, -0.25) is 4.90 Å². The average molecular weight is 244 g/mol. The van der Waals surface area contributed by atoms with Crippen molar-refractivity contribution in [3.63, 3.8) is 0 Å². The van der Waals surface area contributed by atoms with E-state index in [1.54, 1.807) is 0 Å². The number of ether oxygens (including phenoxy) is 1. The van der Waals surface area contributed by atoms with Gasteiger partial charge in [0.25, 0.3) is 0 Å². The molecule has 0 radical (unpaired) electrons. The van der Waals surface area contributed by atoms with Gasteiger partial charge in [0.05, 0.1) is 12.7 Å². The summed E-state index contributed by atoms with van der Waals surface area (Å²) in [5.41, 5.74) is 1.92. The second-order valence-corrected chi connectivity index (χ2v) is 4.66. The van der Waals surface area contributed by atoms with Gasteiger partial charge in [-0.25, -0.2) is 4.79 Å². The predicted octanol–water partition coefficient (Wildman–Crippen LogP) is 3.05. The molecule has 1 aliphatic rings. The SMILES string of the molecule is CC(C)c1ccc(N2C(=O)OCCC2C#N)cc1. The van der Waals surface area contributed by atoms with Crippen LogP contribution in [-0.4, -0.2) is 18.7 Å². The molecule has 1 aromatic rings. The van der Waals surface area contributed by atoms with Gasteiger partial charge in [0.15, 0.2) is 0 Å². The molecule has 1 heterocycles. The van der Waals surface area contributed by atoms with Crippen molar-refractivity contribution < 1.29 is 9.53 Å². The molecule has 2 rings (SSSR count). The largest absolute Gasteiger partial charge is 0.449 e. The summed E-state index contributed by atoms with van der Waals surface area (Å²) >= 11 is 0. The Balaban J connectivity index is 2.28. The topological polar surface area (TPSA) is 53.3 Å². The third kappa shape index (κ3) is 2.30. The minimum absolute atomic E-state index is 0.317. The molecule has 4 nitrogen and oxygen atoms in total. The molecule has 0 aliphatic carbocycles. The summed E-state index contributed by atoms with van der Waals surface area (Å²) in [6.45, 7) is 4.54. The molecule has 1 fully saturated rings. The zero-order valence-corrected chi connectivity index (χ0v) is 10.6. The van der Waals surface area contributed by atoms with Gasteiger partial charge in [0.1, 0.15) is 6.04 Å². The fraction of sp³-hybridized carbons (Fsp3) is 0.429. The average Bonchev–Trinajstić information content (AvgIpc) is 2.38. The molecule has 0 saturated carbocycles. The summed E-state index contributed by atoms with van der Waals surface area (Å²) in [6.07, 6.45) is 0.110. The molecular formula is C14H16N2O2. The molecule has 0 aromatic heterocycles. The summed E-state index contributed by atoms with van der Waals surface area (Å²) < 4.78 is 4.99. The lowest BCUT2D eigenvalue weighted by Gasteiger charge is -2.30. The van der Waals surface area contributed by atoms with Crippen LogP contribution in [0, 0.1) is 11.3 Å². The number of nitrogens with zero attached hydrogens (tertiary/aromatic N) is 2. The first-order chi connectivity index (χ1) is 8.63. The van der Waals surface area contributed by atoms with E-state index in [9.17, 15) is 4.79 Å². The smallest absolute Gasteiger partial charge is 0.415 e. The van der Waals surface area contributed by atoms with Gasteiger partial charge in [0, 0.05) is 12.1 Å². The van der Waals surface area contributed by atoms with E-state index in [1.165, 1.54) is 10.5 Å². The predicted molar refractivity (Wildman–Crippen MR) is 68.4 cm³/mol. The van der Waals surface area contributed by atoms with Gasteiger partial charge < -0.3 is 4.74 Å². The molecule has 1 unspecified atom stereocenters. The van der Waals surface area contributed by atoms with Crippen LogP contribution in [0.15, 0.2) is 24.3 Å². The number of hydrogen-bond donors (Lipinski definition) is 0. The lowest BCUT2D eigenvalue weighted by Crippen LogP contribution is -2.45. The van der Waals surface area contributed by atoms with Crippen LogP contribution in [0.25, 0.3) is 0 Å². The quantitative estimate of drug-likeness (QED) is 0.803. The van der Waals surface area contributed by atoms with Crippen molar-refractivity contribution in [1.29, 1.82) is 5.26 Å². The molecule has 1 atom stereocenters.